The van der Waals surface area contributed by atoms with Crippen molar-refractivity contribution in [1.82, 2.24) is 0 Å². The van der Waals surface area contributed by atoms with Gasteiger partial charge in [0, 0.05) is 11.3 Å². The van der Waals surface area contributed by atoms with Crippen LogP contribution in [-0.4, -0.2) is 18.5 Å². The summed E-state index contributed by atoms with van der Waals surface area (Å²) >= 11 is 0. The summed E-state index contributed by atoms with van der Waals surface area (Å²) in [5, 5.41) is 11.9. The van der Waals surface area contributed by atoms with Crippen molar-refractivity contribution in [1.29, 1.82) is 5.26 Å². The van der Waals surface area contributed by atoms with E-state index in [0.29, 0.717) is 16.8 Å². The van der Waals surface area contributed by atoms with Gasteiger partial charge in [0.15, 0.2) is 6.61 Å². The molecule has 3 aromatic carbocycles. The molecule has 0 fully saturated rings. The molecular formula is C24H20N2O4. The molecule has 6 nitrogen and oxygen atoms in total. The molecule has 0 aliphatic carbocycles. The number of rotatable bonds is 7. The Balaban J connectivity index is 1.71. The zero-order chi connectivity index (χ0) is 21.3. The Labute approximate surface area is 174 Å². The monoisotopic (exact) mass is 400 g/mol. The lowest BCUT2D eigenvalue weighted by Crippen LogP contribution is -2.28. The molecule has 0 aliphatic heterocycles. The molecular weight excluding hydrogens is 380 g/mol. The van der Waals surface area contributed by atoms with Gasteiger partial charge in [0.05, 0.1) is 5.56 Å². The lowest BCUT2D eigenvalue weighted by molar-refractivity contribution is -0.156. The largest absolute Gasteiger partial charge is 0.481 e. The van der Waals surface area contributed by atoms with Gasteiger partial charge in [-0.15, -0.1) is 0 Å². The highest BCUT2D eigenvalue weighted by Crippen LogP contribution is 2.21. The first-order valence-corrected chi connectivity index (χ1v) is 9.30. The van der Waals surface area contributed by atoms with Crippen molar-refractivity contribution in [2.45, 2.75) is 13.0 Å². The molecule has 3 aromatic rings. The van der Waals surface area contributed by atoms with E-state index in [1.54, 1.807) is 60.7 Å². The Morgan fingerprint density at radius 1 is 0.967 bits per heavy atom. The van der Waals surface area contributed by atoms with Crippen LogP contribution >= 0.6 is 0 Å². The minimum Gasteiger partial charge on any atom is -0.481 e. The van der Waals surface area contributed by atoms with Gasteiger partial charge in [0.2, 0.25) is 6.10 Å². The number of aryl methyl sites for hydroxylation is 1. The van der Waals surface area contributed by atoms with E-state index in [1.165, 1.54) is 0 Å². The van der Waals surface area contributed by atoms with Crippen LogP contribution in [0.15, 0.2) is 78.9 Å². The topological polar surface area (TPSA) is 88.4 Å². The number of para-hydroxylation sites is 1. The van der Waals surface area contributed by atoms with Gasteiger partial charge in [0.1, 0.15) is 11.8 Å². The molecule has 0 unspecified atom stereocenters. The molecule has 150 valence electrons. The van der Waals surface area contributed by atoms with Crippen LogP contribution in [0.2, 0.25) is 0 Å². The SMILES string of the molecule is Cc1ccc(NC(=O)[C@H](OC(=O)COc2ccccc2C#N)c2ccccc2)cc1. The smallest absolute Gasteiger partial charge is 0.345 e. The highest BCUT2D eigenvalue weighted by atomic mass is 16.6. The Morgan fingerprint density at radius 3 is 2.33 bits per heavy atom. The summed E-state index contributed by atoms with van der Waals surface area (Å²) in [6, 6.07) is 24.6. The zero-order valence-corrected chi connectivity index (χ0v) is 16.4. The van der Waals surface area contributed by atoms with E-state index in [9.17, 15) is 9.59 Å². The number of esters is 1. The molecule has 0 bridgehead atoms. The molecule has 6 heteroatoms. The fraction of sp³-hybridized carbons (Fsp3) is 0.125. The van der Waals surface area contributed by atoms with Gasteiger partial charge in [-0.1, -0.05) is 60.2 Å². The minimum atomic E-state index is -1.14. The number of ether oxygens (including phenoxy) is 2. The number of hydrogen-bond acceptors (Lipinski definition) is 5. The standard InChI is InChI=1S/C24H20N2O4/c1-17-11-13-20(14-12-17)26-24(28)23(18-7-3-2-4-8-18)30-22(27)16-29-21-10-6-5-9-19(21)15-25/h2-14,23H,16H2,1H3,(H,26,28)/t23-/m1/s1. The normalized spacial score (nSPS) is 11.1. The maximum atomic E-state index is 12.8. The van der Waals surface area contributed by atoms with Crippen LogP contribution in [0.5, 0.6) is 5.75 Å². The molecule has 1 amide bonds. The van der Waals surface area contributed by atoms with Crippen LogP contribution < -0.4 is 10.1 Å². The van der Waals surface area contributed by atoms with Gasteiger partial charge in [-0.3, -0.25) is 4.79 Å². The fourth-order valence-corrected chi connectivity index (χ4v) is 2.73. The first-order chi connectivity index (χ1) is 14.6. The summed E-state index contributed by atoms with van der Waals surface area (Å²) in [5.41, 5.74) is 2.51. The van der Waals surface area contributed by atoms with E-state index in [2.05, 4.69) is 5.32 Å². The van der Waals surface area contributed by atoms with Gasteiger partial charge in [-0.2, -0.15) is 5.26 Å². The number of hydrogen-bond donors (Lipinski definition) is 1. The van der Waals surface area contributed by atoms with Gasteiger partial charge in [0.25, 0.3) is 5.91 Å². The molecule has 1 atom stereocenters. The molecule has 0 saturated heterocycles. The summed E-state index contributed by atoms with van der Waals surface area (Å²) in [4.78, 5) is 25.2. The molecule has 0 radical (unpaired) electrons. The van der Waals surface area contributed by atoms with Crippen LogP contribution in [0.3, 0.4) is 0 Å². The number of nitrogens with one attached hydrogen (secondary N) is 1. The van der Waals surface area contributed by atoms with Gasteiger partial charge < -0.3 is 14.8 Å². The second-order valence-corrected chi connectivity index (χ2v) is 6.53. The van der Waals surface area contributed by atoms with Crippen molar-refractivity contribution in [2.24, 2.45) is 0 Å². The third kappa shape index (κ3) is 5.46. The van der Waals surface area contributed by atoms with Crippen molar-refractivity contribution in [3.8, 4) is 11.8 Å². The van der Waals surface area contributed by atoms with Gasteiger partial charge in [-0.25, -0.2) is 4.79 Å². The van der Waals surface area contributed by atoms with E-state index in [-0.39, 0.29) is 5.75 Å². The molecule has 3 rings (SSSR count). The first kappa shape index (κ1) is 20.6. The van der Waals surface area contributed by atoms with Gasteiger partial charge >= 0.3 is 5.97 Å². The predicted octanol–water partition coefficient (Wildman–Crippen LogP) is 4.17. The average Bonchev–Trinajstić information content (AvgIpc) is 2.78. The zero-order valence-electron chi connectivity index (χ0n) is 16.4. The molecule has 0 aliphatic rings. The highest BCUT2D eigenvalue weighted by molar-refractivity contribution is 5.96. The maximum absolute atomic E-state index is 12.8. The van der Waals surface area contributed by atoms with Crippen molar-refractivity contribution in [3.63, 3.8) is 0 Å². The van der Waals surface area contributed by atoms with Crippen LogP contribution in [0.1, 0.15) is 22.8 Å². The van der Waals surface area contributed by atoms with E-state index in [4.69, 9.17) is 14.7 Å². The average molecular weight is 400 g/mol. The Bertz CT molecular complexity index is 1060. The fourth-order valence-electron chi connectivity index (χ4n) is 2.73. The number of anilines is 1. The van der Waals surface area contributed by atoms with Crippen LogP contribution in [-0.2, 0) is 14.3 Å². The third-order valence-corrected chi connectivity index (χ3v) is 4.26. The van der Waals surface area contributed by atoms with E-state index in [0.717, 1.165) is 5.56 Å². The summed E-state index contributed by atoms with van der Waals surface area (Å²) in [6.07, 6.45) is -1.14. The summed E-state index contributed by atoms with van der Waals surface area (Å²) in [7, 11) is 0. The van der Waals surface area contributed by atoms with Crippen LogP contribution in [0, 0.1) is 18.3 Å². The predicted molar refractivity (Wildman–Crippen MR) is 112 cm³/mol. The van der Waals surface area contributed by atoms with Crippen LogP contribution in [0.4, 0.5) is 5.69 Å². The van der Waals surface area contributed by atoms with Crippen LogP contribution in [0.25, 0.3) is 0 Å². The second-order valence-electron chi connectivity index (χ2n) is 6.53. The molecule has 30 heavy (non-hydrogen) atoms. The van der Waals surface area contributed by atoms with E-state index < -0.39 is 24.6 Å². The number of nitrogens with zero attached hydrogens (tertiary/aromatic N) is 1. The highest BCUT2D eigenvalue weighted by Gasteiger charge is 2.25. The minimum absolute atomic E-state index is 0.275. The summed E-state index contributed by atoms with van der Waals surface area (Å²) in [5.74, 6) is -0.927. The molecule has 0 aromatic heterocycles. The summed E-state index contributed by atoms with van der Waals surface area (Å²) < 4.78 is 10.8. The Hall–Kier alpha value is -4.11. The van der Waals surface area contributed by atoms with Gasteiger partial charge in [-0.05, 0) is 31.2 Å². The maximum Gasteiger partial charge on any atom is 0.345 e. The lowest BCUT2D eigenvalue weighted by atomic mass is 10.1. The molecule has 0 spiro atoms. The molecule has 1 N–H and O–H groups in total. The molecule has 0 saturated carbocycles. The number of benzene rings is 3. The number of amides is 1. The summed E-state index contributed by atoms with van der Waals surface area (Å²) in [6.45, 7) is 1.52. The quantitative estimate of drug-likeness (QED) is 0.602. The number of carbonyl (C=O) groups is 2. The lowest BCUT2D eigenvalue weighted by Gasteiger charge is -2.18. The van der Waals surface area contributed by atoms with Crippen molar-refractivity contribution in [3.05, 3.63) is 95.6 Å². The van der Waals surface area contributed by atoms with Crippen molar-refractivity contribution < 1.29 is 19.1 Å². The van der Waals surface area contributed by atoms with Crippen molar-refractivity contribution >= 4 is 17.6 Å². The third-order valence-electron chi connectivity index (χ3n) is 4.26. The number of nitriles is 1. The Morgan fingerprint density at radius 2 is 1.63 bits per heavy atom. The first-order valence-electron chi connectivity index (χ1n) is 9.30. The van der Waals surface area contributed by atoms with E-state index in [1.807, 2.05) is 31.2 Å². The molecule has 0 heterocycles. The van der Waals surface area contributed by atoms with Crippen molar-refractivity contribution in [2.75, 3.05) is 11.9 Å². The second kappa shape index (κ2) is 9.89. The van der Waals surface area contributed by atoms with E-state index >= 15 is 0 Å². The number of carbonyl (C=O) groups excluding carboxylic acids is 2. The Kier molecular flexibility index (Phi) is 6.80.